The minimum absolute atomic E-state index is 0.232. The number of carbonyl (C=O) groups is 2. The fourth-order valence-electron chi connectivity index (χ4n) is 3.26. The van der Waals surface area contributed by atoms with Gasteiger partial charge in [-0.1, -0.05) is 25.7 Å². The van der Waals surface area contributed by atoms with Crippen LogP contribution in [0.1, 0.15) is 38.5 Å². The maximum atomic E-state index is 11.0. The van der Waals surface area contributed by atoms with Crippen LogP contribution >= 0.6 is 0 Å². The second kappa shape index (κ2) is 4.94. The molecule has 0 aromatic heterocycles. The molecule has 2 aliphatic rings. The van der Waals surface area contributed by atoms with Gasteiger partial charge in [-0.15, -0.1) is 0 Å². The lowest BCUT2D eigenvalue weighted by Crippen LogP contribution is -2.39. The summed E-state index contributed by atoms with van der Waals surface area (Å²) in [6.07, 6.45) is 5.35. The van der Waals surface area contributed by atoms with Crippen molar-refractivity contribution in [3.8, 4) is 0 Å². The Morgan fingerprint density at radius 1 is 1.12 bits per heavy atom. The van der Waals surface area contributed by atoms with Gasteiger partial charge in [-0.25, -0.2) is 9.59 Å². The molecule has 1 aliphatic carbocycles. The van der Waals surface area contributed by atoms with E-state index in [-0.39, 0.29) is 5.92 Å². The number of rotatable bonds is 3. The van der Waals surface area contributed by atoms with E-state index in [2.05, 4.69) is 0 Å². The van der Waals surface area contributed by atoms with Crippen LogP contribution < -0.4 is 0 Å². The van der Waals surface area contributed by atoms with E-state index in [4.69, 9.17) is 10.2 Å². The monoisotopic (exact) mass is 241 g/mol. The van der Waals surface area contributed by atoms with E-state index in [0.717, 1.165) is 11.3 Å². The first-order valence-electron chi connectivity index (χ1n) is 6.30. The number of carboxylic acid groups (broad SMARTS) is 2. The van der Waals surface area contributed by atoms with Crippen LogP contribution in [0.3, 0.4) is 0 Å². The highest BCUT2D eigenvalue weighted by atomic mass is 16.4. The fourth-order valence-corrected chi connectivity index (χ4v) is 3.26. The van der Waals surface area contributed by atoms with Crippen molar-refractivity contribution in [1.82, 2.24) is 4.90 Å². The van der Waals surface area contributed by atoms with Crippen LogP contribution in [0.15, 0.2) is 0 Å². The summed E-state index contributed by atoms with van der Waals surface area (Å²) in [6.45, 7) is 0.392. The quantitative estimate of drug-likeness (QED) is 0.792. The molecule has 2 atom stereocenters. The highest BCUT2D eigenvalue weighted by Gasteiger charge is 2.40. The Bertz CT molecular complexity index is 290. The normalized spacial score (nSPS) is 29.8. The molecule has 0 radical (unpaired) electrons. The molecule has 2 rings (SSSR count). The van der Waals surface area contributed by atoms with Crippen molar-refractivity contribution < 1.29 is 19.8 Å². The van der Waals surface area contributed by atoms with Crippen molar-refractivity contribution in [2.75, 3.05) is 6.54 Å². The second-order valence-electron chi connectivity index (χ2n) is 5.28. The van der Waals surface area contributed by atoms with Crippen LogP contribution in [-0.2, 0) is 4.79 Å². The maximum Gasteiger partial charge on any atom is 0.408 e. The lowest BCUT2D eigenvalue weighted by Gasteiger charge is -2.17. The largest absolute Gasteiger partial charge is 0.480 e. The second-order valence-corrected chi connectivity index (χ2v) is 5.28. The van der Waals surface area contributed by atoms with E-state index >= 15 is 0 Å². The smallest absolute Gasteiger partial charge is 0.408 e. The van der Waals surface area contributed by atoms with Gasteiger partial charge >= 0.3 is 12.1 Å². The summed E-state index contributed by atoms with van der Waals surface area (Å²) in [5, 5.41) is 18.0. The number of nitrogens with zero attached hydrogens (tertiary/aromatic N) is 1. The van der Waals surface area contributed by atoms with Gasteiger partial charge in [0.15, 0.2) is 0 Å². The van der Waals surface area contributed by atoms with Crippen LogP contribution in [-0.4, -0.2) is 39.8 Å². The number of hydrogen-bond acceptors (Lipinski definition) is 2. The van der Waals surface area contributed by atoms with E-state index in [0.29, 0.717) is 18.9 Å². The van der Waals surface area contributed by atoms with Gasteiger partial charge in [0, 0.05) is 6.54 Å². The Kier molecular flexibility index (Phi) is 3.54. The Hall–Kier alpha value is -1.26. The van der Waals surface area contributed by atoms with E-state index in [1.807, 2.05) is 0 Å². The predicted octanol–water partition coefficient (Wildman–Crippen LogP) is 2.02. The molecule has 0 bridgehead atoms. The highest BCUT2D eigenvalue weighted by Crippen LogP contribution is 2.35. The third-order valence-electron chi connectivity index (χ3n) is 4.06. The first kappa shape index (κ1) is 12.2. The van der Waals surface area contributed by atoms with Crippen molar-refractivity contribution in [2.24, 2.45) is 11.8 Å². The maximum absolute atomic E-state index is 11.0. The van der Waals surface area contributed by atoms with Crippen molar-refractivity contribution in [1.29, 1.82) is 0 Å². The van der Waals surface area contributed by atoms with Gasteiger partial charge in [0.1, 0.15) is 6.04 Å². The third kappa shape index (κ3) is 2.70. The number of carboxylic acids is 1. The molecule has 1 unspecified atom stereocenters. The zero-order chi connectivity index (χ0) is 12.4. The minimum Gasteiger partial charge on any atom is -0.480 e. The van der Waals surface area contributed by atoms with Gasteiger partial charge in [0.05, 0.1) is 0 Å². The molecule has 5 nitrogen and oxygen atoms in total. The van der Waals surface area contributed by atoms with Gasteiger partial charge in [-0.2, -0.15) is 0 Å². The Morgan fingerprint density at radius 2 is 1.76 bits per heavy atom. The molecular formula is C12H19NO4. The van der Waals surface area contributed by atoms with E-state index < -0.39 is 18.1 Å². The molecule has 2 N–H and O–H groups in total. The summed E-state index contributed by atoms with van der Waals surface area (Å²) < 4.78 is 0. The van der Waals surface area contributed by atoms with Crippen molar-refractivity contribution >= 4 is 12.1 Å². The van der Waals surface area contributed by atoms with Crippen LogP contribution in [0, 0.1) is 11.8 Å². The topological polar surface area (TPSA) is 77.8 Å². The first-order chi connectivity index (χ1) is 8.08. The molecule has 1 saturated carbocycles. The molecule has 17 heavy (non-hydrogen) atoms. The Morgan fingerprint density at radius 3 is 2.24 bits per heavy atom. The summed E-state index contributed by atoms with van der Waals surface area (Å²) in [5.74, 6) is -0.0974. The fraction of sp³-hybridized carbons (Fsp3) is 0.833. The Balaban J connectivity index is 1.93. The molecule has 0 aromatic carbocycles. The average molecular weight is 241 g/mol. The van der Waals surface area contributed by atoms with E-state index in [1.54, 1.807) is 0 Å². The standard InChI is InChI=1S/C12H19NO4/c14-11(15)10-6-9(7-13(10)12(16)17)5-8-3-1-2-4-8/h8-10H,1-7H2,(H,14,15)(H,16,17)/t9?,10-/m0/s1. The first-order valence-corrected chi connectivity index (χ1v) is 6.30. The zero-order valence-electron chi connectivity index (χ0n) is 9.84. The third-order valence-corrected chi connectivity index (χ3v) is 4.06. The molecule has 1 amide bonds. The zero-order valence-corrected chi connectivity index (χ0v) is 9.84. The molecule has 0 aromatic rings. The van der Waals surface area contributed by atoms with Crippen LogP contribution in [0.5, 0.6) is 0 Å². The minimum atomic E-state index is -1.11. The van der Waals surface area contributed by atoms with Gasteiger partial charge < -0.3 is 10.2 Å². The summed E-state index contributed by atoms with van der Waals surface area (Å²) in [7, 11) is 0. The molecule has 1 saturated heterocycles. The van der Waals surface area contributed by atoms with Crippen molar-refractivity contribution in [3.63, 3.8) is 0 Å². The van der Waals surface area contributed by atoms with Crippen LogP contribution in [0.25, 0.3) is 0 Å². The van der Waals surface area contributed by atoms with Gasteiger partial charge in [0.25, 0.3) is 0 Å². The molecule has 96 valence electrons. The summed E-state index contributed by atoms with van der Waals surface area (Å²) >= 11 is 0. The van der Waals surface area contributed by atoms with Crippen molar-refractivity contribution in [2.45, 2.75) is 44.6 Å². The summed E-state index contributed by atoms with van der Waals surface area (Å²) in [4.78, 5) is 23.0. The number of amides is 1. The van der Waals surface area contributed by atoms with E-state index in [9.17, 15) is 9.59 Å². The molecule has 1 aliphatic heterocycles. The average Bonchev–Trinajstić information content (AvgIpc) is 2.86. The number of hydrogen-bond donors (Lipinski definition) is 2. The summed E-state index contributed by atoms with van der Waals surface area (Å²) in [5.41, 5.74) is 0. The lowest BCUT2D eigenvalue weighted by molar-refractivity contribution is -0.141. The molecule has 2 fully saturated rings. The molecular weight excluding hydrogens is 222 g/mol. The predicted molar refractivity (Wildman–Crippen MR) is 60.8 cm³/mol. The number of likely N-dealkylation sites (tertiary alicyclic amines) is 1. The van der Waals surface area contributed by atoms with Gasteiger partial charge in [-0.3, -0.25) is 4.90 Å². The van der Waals surface area contributed by atoms with Gasteiger partial charge in [0.2, 0.25) is 0 Å². The van der Waals surface area contributed by atoms with Gasteiger partial charge in [-0.05, 0) is 24.7 Å². The lowest BCUT2D eigenvalue weighted by atomic mass is 9.91. The molecule has 0 spiro atoms. The Labute approximate surface area is 100 Å². The summed E-state index contributed by atoms with van der Waals surface area (Å²) in [6, 6.07) is -0.834. The highest BCUT2D eigenvalue weighted by molar-refractivity contribution is 5.80. The van der Waals surface area contributed by atoms with Crippen molar-refractivity contribution in [3.05, 3.63) is 0 Å². The van der Waals surface area contributed by atoms with E-state index in [1.165, 1.54) is 25.7 Å². The van der Waals surface area contributed by atoms with Crippen LogP contribution in [0.2, 0.25) is 0 Å². The molecule has 5 heteroatoms. The van der Waals surface area contributed by atoms with Crippen LogP contribution in [0.4, 0.5) is 4.79 Å². The number of aliphatic carboxylic acids is 1. The SMILES string of the molecule is O=C(O)[C@@H]1CC(CC2CCCC2)CN1C(=O)O. The molecule has 1 heterocycles.